The number of Topliss-reactive ketones (excluding diaryl/α,β-unsaturated/α-hetero) is 1. The van der Waals surface area contributed by atoms with E-state index < -0.39 is 5.41 Å². The van der Waals surface area contributed by atoms with Gasteiger partial charge in [-0.3, -0.25) is 14.4 Å². The van der Waals surface area contributed by atoms with Crippen molar-refractivity contribution in [1.29, 1.82) is 5.26 Å². The predicted molar refractivity (Wildman–Crippen MR) is 159 cm³/mol. The van der Waals surface area contributed by atoms with Crippen LogP contribution in [0.4, 0.5) is 0 Å². The lowest BCUT2D eigenvalue weighted by Crippen LogP contribution is -2.64. The van der Waals surface area contributed by atoms with Crippen molar-refractivity contribution in [3.8, 4) is 6.07 Å². The molecular weight excluding hydrogens is 508 g/mol. The minimum atomic E-state index is -0.461. The minimum absolute atomic E-state index is 0.0410. The van der Waals surface area contributed by atoms with Gasteiger partial charge in [-0.05, 0) is 104 Å². The number of carbonyl (C=O) groups excluding carboxylic acids is 3. The van der Waals surface area contributed by atoms with Gasteiger partial charge in [0.05, 0.1) is 5.57 Å². The van der Waals surface area contributed by atoms with Gasteiger partial charge in [0.15, 0.2) is 11.6 Å². The first kappa shape index (κ1) is 28.9. The highest BCUT2D eigenvalue weighted by Crippen LogP contribution is 2.74. The third-order valence-electron chi connectivity index (χ3n) is 14.0. The number of hydrogen-bond donors (Lipinski definition) is 0. The predicted octanol–water partition coefficient (Wildman–Crippen LogP) is 7.22. The van der Waals surface area contributed by atoms with Gasteiger partial charge in [0.1, 0.15) is 6.07 Å². The van der Waals surface area contributed by atoms with Gasteiger partial charge in [0.2, 0.25) is 5.91 Å². The number of nitrogens with zero attached hydrogens (tertiary/aromatic N) is 2. The zero-order chi connectivity index (χ0) is 29.6. The zero-order valence-electron chi connectivity index (χ0n) is 26.3. The van der Waals surface area contributed by atoms with Crippen molar-refractivity contribution in [2.75, 3.05) is 13.1 Å². The SMILES string of the molecule is C[C@@H]1C(=O)C(C#N)=C[C@]2(C)C3=CC(=O)C4[C@H]5CC(C)(C)CC[C@]5(CCC(=O)N5CCCC5)CC[C@@]4(C)[C@]3(C)CC[C@@H]12. The number of likely N-dealkylation sites (tertiary alicyclic amines) is 1. The molecule has 5 aliphatic carbocycles. The number of fused-ring (bicyclic) bond motifs is 7. The van der Waals surface area contributed by atoms with Crippen molar-refractivity contribution in [1.82, 2.24) is 4.90 Å². The first-order valence-electron chi connectivity index (χ1n) is 16.4. The van der Waals surface area contributed by atoms with Crippen molar-refractivity contribution < 1.29 is 14.4 Å². The van der Waals surface area contributed by atoms with E-state index >= 15 is 0 Å². The number of carbonyl (C=O) groups is 3. The maximum atomic E-state index is 14.6. The third-order valence-corrected chi connectivity index (χ3v) is 14.0. The van der Waals surface area contributed by atoms with Gasteiger partial charge >= 0.3 is 0 Å². The number of ketones is 2. The van der Waals surface area contributed by atoms with Gasteiger partial charge in [-0.15, -0.1) is 0 Å². The average Bonchev–Trinajstić information content (AvgIpc) is 3.46. The summed E-state index contributed by atoms with van der Waals surface area (Å²) in [6.45, 7) is 15.5. The Hall–Kier alpha value is -2.22. The van der Waals surface area contributed by atoms with Crippen LogP contribution in [0, 0.1) is 62.1 Å². The van der Waals surface area contributed by atoms with Crippen LogP contribution in [0.1, 0.15) is 112 Å². The number of allylic oxidation sites excluding steroid dienone is 4. The van der Waals surface area contributed by atoms with Crippen molar-refractivity contribution in [2.24, 2.45) is 50.7 Å². The zero-order valence-corrected chi connectivity index (χ0v) is 26.3. The molecule has 4 fully saturated rings. The molecular formula is C36H50N2O3. The highest BCUT2D eigenvalue weighted by molar-refractivity contribution is 6.02. The van der Waals surface area contributed by atoms with Crippen LogP contribution in [0.25, 0.3) is 0 Å². The monoisotopic (exact) mass is 558 g/mol. The summed E-state index contributed by atoms with van der Waals surface area (Å²) in [5.41, 5.74) is 0.847. The van der Waals surface area contributed by atoms with Crippen LogP contribution in [0.15, 0.2) is 23.3 Å². The third kappa shape index (κ3) is 4.01. The smallest absolute Gasteiger partial charge is 0.222 e. The second-order valence-electron chi connectivity index (χ2n) is 16.4. The van der Waals surface area contributed by atoms with E-state index in [1.807, 2.05) is 19.1 Å². The second-order valence-corrected chi connectivity index (χ2v) is 16.4. The van der Waals surface area contributed by atoms with Gasteiger partial charge in [-0.25, -0.2) is 0 Å². The van der Waals surface area contributed by atoms with Gasteiger partial charge in [0.25, 0.3) is 0 Å². The van der Waals surface area contributed by atoms with E-state index in [1.165, 1.54) is 5.57 Å². The summed E-state index contributed by atoms with van der Waals surface area (Å²) in [5.74, 6) is 0.668. The van der Waals surface area contributed by atoms with Crippen LogP contribution < -0.4 is 0 Å². The molecule has 0 bridgehead atoms. The molecule has 41 heavy (non-hydrogen) atoms. The molecule has 5 heteroatoms. The number of hydrogen-bond acceptors (Lipinski definition) is 4. The molecule has 0 radical (unpaired) electrons. The van der Waals surface area contributed by atoms with Gasteiger partial charge < -0.3 is 4.90 Å². The van der Waals surface area contributed by atoms with Gasteiger partial charge in [-0.1, -0.05) is 53.2 Å². The quantitative estimate of drug-likeness (QED) is 0.366. The molecule has 1 saturated heterocycles. The van der Waals surface area contributed by atoms with Crippen LogP contribution in [0.3, 0.4) is 0 Å². The Kier molecular flexibility index (Phi) is 6.61. The summed E-state index contributed by atoms with van der Waals surface area (Å²) in [6.07, 6.45) is 15.0. The molecule has 6 rings (SSSR count). The molecule has 8 atom stereocenters. The number of rotatable bonds is 3. The summed E-state index contributed by atoms with van der Waals surface area (Å²) in [4.78, 5) is 42.9. The topological polar surface area (TPSA) is 78.2 Å². The molecule has 3 saturated carbocycles. The highest BCUT2D eigenvalue weighted by Gasteiger charge is 2.68. The fourth-order valence-electron chi connectivity index (χ4n) is 11.3. The van der Waals surface area contributed by atoms with E-state index in [0.29, 0.717) is 12.3 Å². The Balaban J connectivity index is 1.41. The summed E-state index contributed by atoms with van der Waals surface area (Å²) < 4.78 is 0. The lowest BCUT2D eigenvalue weighted by atomic mass is 9.34. The summed E-state index contributed by atoms with van der Waals surface area (Å²) in [7, 11) is 0. The van der Waals surface area contributed by atoms with E-state index in [0.717, 1.165) is 77.3 Å². The largest absolute Gasteiger partial charge is 0.343 e. The number of amides is 1. The molecule has 1 amide bonds. The average molecular weight is 559 g/mol. The molecule has 0 aromatic heterocycles. The fourth-order valence-corrected chi connectivity index (χ4v) is 11.3. The summed E-state index contributed by atoms with van der Waals surface area (Å²) in [5, 5.41) is 9.85. The van der Waals surface area contributed by atoms with Crippen LogP contribution in [-0.2, 0) is 14.4 Å². The Morgan fingerprint density at radius 2 is 1.68 bits per heavy atom. The lowest BCUT2D eigenvalue weighted by molar-refractivity contribution is -0.171. The van der Waals surface area contributed by atoms with Gasteiger partial charge in [0, 0.05) is 36.8 Å². The first-order chi connectivity index (χ1) is 19.2. The molecule has 0 spiro atoms. The summed E-state index contributed by atoms with van der Waals surface area (Å²) in [6, 6.07) is 2.19. The normalized spacial score (nSPS) is 45.0. The van der Waals surface area contributed by atoms with Crippen molar-refractivity contribution in [3.63, 3.8) is 0 Å². The molecule has 1 heterocycles. The molecule has 1 aliphatic heterocycles. The van der Waals surface area contributed by atoms with Gasteiger partial charge in [-0.2, -0.15) is 5.26 Å². The van der Waals surface area contributed by atoms with E-state index in [2.05, 4.69) is 45.6 Å². The molecule has 0 N–H and O–H groups in total. The molecule has 1 unspecified atom stereocenters. The van der Waals surface area contributed by atoms with Crippen molar-refractivity contribution in [2.45, 2.75) is 112 Å². The molecule has 6 aliphatic rings. The molecule has 0 aromatic rings. The van der Waals surface area contributed by atoms with Crippen LogP contribution in [-0.4, -0.2) is 35.5 Å². The maximum Gasteiger partial charge on any atom is 0.222 e. The molecule has 222 valence electrons. The van der Waals surface area contributed by atoms with E-state index in [4.69, 9.17) is 0 Å². The molecule has 0 aromatic carbocycles. The Morgan fingerprint density at radius 1 is 1.00 bits per heavy atom. The lowest BCUT2D eigenvalue weighted by Gasteiger charge is -2.69. The second kappa shape index (κ2) is 9.39. The van der Waals surface area contributed by atoms with Crippen LogP contribution in [0.5, 0.6) is 0 Å². The van der Waals surface area contributed by atoms with Crippen molar-refractivity contribution >= 4 is 17.5 Å². The van der Waals surface area contributed by atoms with Crippen LogP contribution in [0.2, 0.25) is 0 Å². The van der Waals surface area contributed by atoms with E-state index in [9.17, 15) is 19.6 Å². The minimum Gasteiger partial charge on any atom is -0.343 e. The van der Waals surface area contributed by atoms with E-state index in [1.54, 1.807) is 0 Å². The van der Waals surface area contributed by atoms with Crippen LogP contribution >= 0.6 is 0 Å². The fraction of sp³-hybridized carbons (Fsp3) is 0.778. The highest BCUT2D eigenvalue weighted by atomic mass is 16.2. The summed E-state index contributed by atoms with van der Waals surface area (Å²) >= 11 is 0. The Morgan fingerprint density at radius 3 is 2.37 bits per heavy atom. The molecule has 5 nitrogen and oxygen atoms in total. The standard InChI is InChI=1S/C36H50N2O3/c1-23-25-9-11-34(5)28(33(25,4)20-24(22-37)31(23)41)19-27(39)30-26-21-32(2,3)13-15-36(26,16-14-35(30,34)6)12-10-29(40)38-17-7-8-18-38/h19-20,23,25-26,30H,7-18,21H2,1-6H3/t23-,25-,26+,30?,33-,34+,35+,36+/m0/s1. The number of nitriles is 1. The Bertz CT molecular complexity index is 1280. The van der Waals surface area contributed by atoms with Crippen molar-refractivity contribution in [3.05, 3.63) is 23.3 Å². The first-order valence-corrected chi connectivity index (χ1v) is 16.4. The maximum absolute atomic E-state index is 14.6. The Labute approximate surface area is 247 Å². The van der Waals surface area contributed by atoms with E-state index in [-0.39, 0.29) is 62.5 Å².